The zero-order valence-electron chi connectivity index (χ0n) is 11.5. The molecule has 1 fully saturated rings. The van der Waals surface area contributed by atoms with E-state index in [0.29, 0.717) is 5.82 Å². The Balaban J connectivity index is 2.32. The third-order valence-corrected chi connectivity index (χ3v) is 3.24. The molecule has 0 spiro atoms. The van der Waals surface area contributed by atoms with Gasteiger partial charge in [-0.3, -0.25) is 0 Å². The normalized spacial score (nSPS) is 22.9. The van der Waals surface area contributed by atoms with Crippen LogP contribution < -0.4 is 16.8 Å². The standard InChI is InChI=1S/C12H22N6/c1-11(2)5-7(6-12(3,4)18-11)8-15-9(13)17-10(14)16-8/h7,18H,5-6H2,1-4H3,(H4,13,14,15,16,17). The summed E-state index contributed by atoms with van der Waals surface area (Å²) in [5.74, 6) is 1.37. The minimum Gasteiger partial charge on any atom is -0.368 e. The zero-order valence-corrected chi connectivity index (χ0v) is 11.5. The second-order valence-electron chi connectivity index (χ2n) is 6.41. The van der Waals surface area contributed by atoms with E-state index in [0.717, 1.165) is 12.8 Å². The van der Waals surface area contributed by atoms with Gasteiger partial charge in [0.15, 0.2) is 0 Å². The molecule has 2 heterocycles. The van der Waals surface area contributed by atoms with Crippen molar-refractivity contribution in [3.05, 3.63) is 5.82 Å². The lowest BCUT2D eigenvalue weighted by Crippen LogP contribution is -2.57. The number of nitrogens with zero attached hydrogens (tertiary/aromatic N) is 3. The first kappa shape index (κ1) is 13.0. The molecule has 0 aliphatic carbocycles. The number of anilines is 2. The van der Waals surface area contributed by atoms with Crippen molar-refractivity contribution in [2.75, 3.05) is 11.5 Å². The summed E-state index contributed by atoms with van der Waals surface area (Å²) in [4.78, 5) is 12.3. The van der Waals surface area contributed by atoms with Gasteiger partial charge < -0.3 is 16.8 Å². The highest BCUT2D eigenvalue weighted by Gasteiger charge is 2.39. The summed E-state index contributed by atoms with van der Waals surface area (Å²) in [5, 5.41) is 3.63. The first-order valence-electron chi connectivity index (χ1n) is 6.23. The maximum Gasteiger partial charge on any atom is 0.225 e. The summed E-state index contributed by atoms with van der Waals surface area (Å²) >= 11 is 0. The molecule has 0 bridgehead atoms. The third kappa shape index (κ3) is 2.87. The molecular weight excluding hydrogens is 228 g/mol. The molecule has 0 aromatic carbocycles. The lowest BCUT2D eigenvalue weighted by atomic mass is 9.75. The predicted molar refractivity (Wildman–Crippen MR) is 71.9 cm³/mol. The van der Waals surface area contributed by atoms with E-state index in [-0.39, 0.29) is 28.9 Å². The minimum atomic E-state index is 0.0442. The van der Waals surface area contributed by atoms with Gasteiger partial charge >= 0.3 is 0 Å². The second-order valence-corrected chi connectivity index (χ2v) is 6.41. The Labute approximate surface area is 108 Å². The predicted octanol–water partition coefficient (Wildman–Crippen LogP) is 1.06. The fraction of sp³-hybridized carbons (Fsp3) is 0.750. The molecule has 5 N–H and O–H groups in total. The number of aromatic nitrogens is 3. The number of piperidine rings is 1. The van der Waals surface area contributed by atoms with Gasteiger partial charge in [0.25, 0.3) is 0 Å². The molecule has 6 nitrogen and oxygen atoms in total. The topological polar surface area (TPSA) is 103 Å². The summed E-state index contributed by atoms with van der Waals surface area (Å²) < 4.78 is 0. The molecule has 0 amide bonds. The quantitative estimate of drug-likeness (QED) is 0.688. The lowest BCUT2D eigenvalue weighted by Gasteiger charge is -2.46. The maximum absolute atomic E-state index is 5.64. The van der Waals surface area contributed by atoms with Crippen LogP contribution in [0.25, 0.3) is 0 Å². The van der Waals surface area contributed by atoms with Gasteiger partial charge in [-0.2, -0.15) is 15.0 Å². The zero-order chi connectivity index (χ0) is 13.6. The Morgan fingerprint density at radius 3 is 1.83 bits per heavy atom. The summed E-state index contributed by atoms with van der Waals surface area (Å²) in [5.41, 5.74) is 11.4. The molecule has 1 aliphatic heterocycles. The molecule has 6 heteroatoms. The molecule has 1 aliphatic rings. The van der Waals surface area contributed by atoms with Crippen molar-refractivity contribution < 1.29 is 0 Å². The van der Waals surface area contributed by atoms with Crippen molar-refractivity contribution in [3.63, 3.8) is 0 Å². The van der Waals surface area contributed by atoms with Gasteiger partial charge in [0.1, 0.15) is 5.82 Å². The van der Waals surface area contributed by atoms with Gasteiger partial charge in [-0.15, -0.1) is 0 Å². The summed E-state index contributed by atoms with van der Waals surface area (Å²) in [6.07, 6.45) is 1.92. The molecule has 2 rings (SSSR count). The largest absolute Gasteiger partial charge is 0.368 e. The fourth-order valence-corrected chi connectivity index (χ4v) is 3.11. The number of nitrogen functional groups attached to an aromatic ring is 2. The van der Waals surface area contributed by atoms with E-state index < -0.39 is 0 Å². The summed E-state index contributed by atoms with van der Waals surface area (Å²) in [6, 6.07) is 0. The summed E-state index contributed by atoms with van der Waals surface area (Å²) in [6.45, 7) is 8.76. The SMILES string of the molecule is CC1(C)CC(c2nc(N)nc(N)n2)CC(C)(C)N1. The van der Waals surface area contributed by atoms with Gasteiger partial charge in [-0.1, -0.05) is 0 Å². The highest BCUT2D eigenvalue weighted by Crippen LogP contribution is 2.37. The Hall–Kier alpha value is -1.43. The molecule has 0 saturated carbocycles. The van der Waals surface area contributed by atoms with E-state index in [1.807, 2.05) is 0 Å². The van der Waals surface area contributed by atoms with E-state index >= 15 is 0 Å². The third-order valence-electron chi connectivity index (χ3n) is 3.24. The van der Waals surface area contributed by atoms with E-state index in [9.17, 15) is 0 Å². The molecule has 1 aromatic heterocycles. The van der Waals surface area contributed by atoms with Crippen molar-refractivity contribution in [3.8, 4) is 0 Å². The first-order valence-corrected chi connectivity index (χ1v) is 6.23. The molecule has 0 atom stereocenters. The van der Waals surface area contributed by atoms with Crippen LogP contribution in [-0.2, 0) is 0 Å². The molecule has 18 heavy (non-hydrogen) atoms. The van der Waals surface area contributed by atoms with Gasteiger partial charge in [0, 0.05) is 17.0 Å². The van der Waals surface area contributed by atoms with Crippen molar-refractivity contribution in [1.82, 2.24) is 20.3 Å². The molecular formula is C12H22N6. The van der Waals surface area contributed by atoms with Crippen LogP contribution in [0.5, 0.6) is 0 Å². The number of hydrogen-bond donors (Lipinski definition) is 3. The second kappa shape index (κ2) is 4.05. The van der Waals surface area contributed by atoms with Crippen LogP contribution in [0, 0.1) is 0 Å². The van der Waals surface area contributed by atoms with Gasteiger partial charge in [0.05, 0.1) is 0 Å². The average Bonchev–Trinajstić information content (AvgIpc) is 2.10. The Bertz CT molecular complexity index is 418. The van der Waals surface area contributed by atoms with Crippen LogP contribution in [0.15, 0.2) is 0 Å². The Kier molecular flexibility index (Phi) is 2.93. The average molecular weight is 250 g/mol. The highest BCUT2D eigenvalue weighted by molar-refractivity contribution is 5.27. The van der Waals surface area contributed by atoms with Crippen molar-refractivity contribution in [1.29, 1.82) is 0 Å². The van der Waals surface area contributed by atoms with E-state index in [1.165, 1.54) is 0 Å². The minimum absolute atomic E-state index is 0.0442. The van der Waals surface area contributed by atoms with E-state index in [4.69, 9.17) is 11.5 Å². The van der Waals surface area contributed by atoms with Gasteiger partial charge in [-0.25, -0.2) is 0 Å². The van der Waals surface area contributed by atoms with Crippen LogP contribution in [0.4, 0.5) is 11.9 Å². The number of rotatable bonds is 1. The van der Waals surface area contributed by atoms with Gasteiger partial charge in [-0.05, 0) is 40.5 Å². The van der Waals surface area contributed by atoms with Crippen LogP contribution in [0.1, 0.15) is 52.3 Å². The molecule has 100 valence electrons. The van der Waals surface area contributed by atoms with Gasteiger partial charge in [0.2, 0.25) is 11.9 Å². The van der Waals surface area contributed by atoms with Crippen LogP contribution in [-0.4, -0.2) is 26.0 Å². The number of nitrogens with one attached hydrogen (secondary N) is 1. The van der Waals surface area contributed by atoms with E-state index in [2.05, 4.69) is 48.0 Å². The first-order chi connectivity index (χ1) is 8.17. The molecule has 0 radical (unpaired) electrons. The number of hydrogen-bond acceptors (Lipinski definition) is 6. The van der Waals surface area contributed by atoms with Crippen molar-refractivity contribution in [2.24, 2.45) is 0 Å². The Morgan fingerprint density at radius 2 is 1.39 bits per heavy atom. The fourth-order valence-electron chi connectivity index (χ4n) is 3.11. The highest BCUT2D eigenvalue weighted by atomic mass is 15.1. The lowest BCUT2D eigenvalue weighted by molar-refractivity contribution is 0.158. The van der Waals surface area contributed by atoms with Crippen LogP contribution in [0.3, 0.4) is 0 Å². The molecule has 1 saturated heterocycles. The van der Waals surface area contributed by atoms with Crippen molar-refractivity contribution in [2.45, 2.75) is 57.5 Å². The number of nitrogens with two attached hydrogens (primary N) is 2. The Morgan fingerprint density at radius 1 is 0.944 bits per heavy atom. The summed E-state index contributed by atoms with van der Waals surface area (Å²) in [7, 11) is 0. The molecule has 0 unspecified atom stereocenters. The van der Waals surface area contributed by atoms with E-state index in [1.54, 1.807) is 0 Å². The molecule has 1 aromatic rings. The van der Waals surface area contributed by atoms with Crippen molar-refractivity contribution >= 4 is 11.9 Å². The van der Waals surface area contributed by atoms with Crippen LogP contribution >= 0.6 is 0 Å². The monoisotopic (exact) mass is 250 g/mol. The smallest absolute Gasteiger partial charge is 0.225 e. The maximum atomic E-state index is 5.64. The van der Waals surface area contributed by atoms with Crippen LogP contribution in [0.2, 0.25) is 0 Å².